The van der Waals surface area contributed by atoms with E-state index >= 15 is 0 Å². The van der Waals surface area contributed by atoms with E-state index in [-0.39, 0.29) is 0 Å². The number of rotatable bonds is 4. The second-order valence-electron chi connectivity index (χ2n) is 4.91. The number of H-pyrrole nitrogens is 1. The number of para-hydroxylation sites is 2. The highest BCUT2D eigenvalue weighted by Crippen LogP contribution is 2.22. The van der Waals surface area contributed by atoms with Crippen LogP contribution >= 0.6 is 0 Å². The normalized spacial score (nSPS) is 12.5. The minimum absolute atomic E-state index is 0.341. The molecule has 3 aromatic rings. The summed E-state index contributed by atoms with van der Waals surface area (Å²) in [5.74, 6) is 0.341. The Bertz CT molecular complexity index is 723. The predicted molar refractivity (Wildman–Crippen MR) is 84.8 cm³/mol. The number of nitrogens with one attached hydrogen (secondary N) is 1. The first-order valence-corrected chi connectivity index (χ1v) is 7.91. The van der Waals surface area contributed by atoms with E-state index in [1.807, 2.05) is 55.4 Å². The standard InChI is InChI=1S/C15H16N4OS/c1-19(2)14-8-5-9-16-13(14)10-21(20)15-17-11-6-3-4-7-12(11)18-15/h3-9H,10H2,1-2H3,(H,17,18). The summed E-state index contributed by atoms with van der Waals surface area (Å²) in [4.78, 5) is 13.8. The van der Waals surface area contributed by atoms with Crippen molar-refractivity contribution in [1.29, 1.82) is 0 Å². The molecule has 0 bridgehead atoms. The molecule has 0 saturated heterocycles. The molecule has 2 heterocycles. The van der Waals surface area contributed by atoms with E-state index in [1.54, 1.807) is 6.20 Å². The molecule has 1 N–H and O–H groups in total. The average Bonchev–Trinajstić information content (AvgIpc) is 2.91. The SMILES string of the molecule is CN(C)c1cccnc1C[S+]([O-])c1nc2ccccc2[nH]1. The van der Waals surface area contributed by atoms with Crippen LogP contribution in [-0.4, -0.2) is 33.6 Å². The van der Waals surface area contributed by atoms with Crippen molar-refractivity contribution in [3.63, 3.8) is 0 Å². The molecule has 5 nitrogen and oxygen atoms in total. The maximum atomic E-state index is 12.5. The van der Waals surface area contributed by atoms with Gasteiger partial charge in [-0.2, -0.15) is 4.98 Å². The van der Waals surface area contributed by atoms with Gasteiger partial charge in [-0.3, -0.25) is 9.97 Å². The summed E-state index contributed by atoms with van der Waals surface area (Å²) in [6.07, 6.45) is 1.72. The van der Waals surface area contributed by atoms with Gasteiger partial charge in [0.2, 0.25) is 0 Å². The third-order valence-corrected chi connectivity index (χ3v) is 4.36. The minimum Gasteiger partial charge on any atom is -0.609 e. The number of benzene rings is 1. The monoisotopic (exact) mass is 300 g/mol. The second kappa shape index (κ2) is 5.75. The van der Waals surface area contributed by atoms with Gasteiger partial charge in [0.05, 0.1) is 16.7 Å². The highest BCUT2D eigenvalue weighted by atomic mass is 32.2. The number of imidazole rings is 1. The van der Waals surface area contributed by atoms with Gasteiger partial charge in [0, 0.05) is 31.5 Å². The van der Waals surface area contributed by atoms with Gasteiger partial charge in [0.15, 0.2) is 5.75 Å². The van der Waals surface area contributed by atoms with Crippen LogP contribution < -0.4 is 4.90 Å². The van der Waals surface area contributed by atoms with Crippen molar-refractivity contribution in [1.82, 2.24) is 15.0 Å². The molecule has 2 aromatic heterocycles. The lowest BCUT2D eigenvalue weighted by molar-refractivity contribution is 0.587. The van der Waals surface area contributed by atoms with Crippen molar-refractivity contribution in [3.05, 3.63) is 48.3 Å². The molecule has 0 spiro atoms. The summed E-state index contributed by atoms with van der Waals surface area (Å²) < 4.78 is 12.5. The van der Waals surface area contributed by atoms with Crippen molar-refractivity contribution < 1.29 is 4.55 Å². The van der Waals surface area contributed by atoms with Crippen molar-refractivity contribution in [2.24, 2.45) is 0 Å². The van der Waals surface area contributed by atoms with E-state index in [0.717, 1.165) is 22.4 Å². The Hall–Kier alpha value is -2.05. The third-order valence-electron chi connectivity index (χ3n) is 3.20. The summed E-state index contributed by atoms with van der Waals surface area (Å²) in [5.41, 5.74) is 3.51. The van der Waals surface area contributed by atoms with Gasteiger partial charge < -0.3 is 9.45 Å². The molecular weight excluding hydrogens is 284 g/mol. The fraction of sp³-hybridized carbons (Fsp3) is 0.200. The predicted octanol–water partition coefficient (Wildman–Crippen LogP) is 2.33. The van der Waals surface area contributed by atoms with Crippen molar-refractivity contribution in [2.75, 3.05) is 19.0 Å². The van der Waals surface area contributed by atoms with Crippen LogP contribution in [0.25, 0.3) is 11.0 Å². The van der Waals surface area contributed by atoms with E-state index in [2.05, 4.69) is 15.0 Å². The fourth-order valence-electron chi connectivity index (χ4n) is 2.18. The molecule has 0 aliphatic heterocycles. The van der Waals surface area contributed by atoms with E-state index in [1.165, 1.54) is 0 Å². The summed E-state index contributed by atoms with van der Waals surface area (Å²) in [6, 6.07) is 11.5. The Balaban J connectivity index is 1.87. The number of aromatic amines is 1. The van der Waals surface area contributed by atoms with Crippen molar-refractivity contribution in [2.45, 2.75) is 10.9 Å². The lowest BCUT2D eigenvalue weighted by Crippen LogP contribution is -2.15. The quantitative estimate of drug-likeness (QED) is 0.751. The zero-order valence-electron chi connectivity index (χ0n) is 11.9. The zero-order valence-corrected chi connectivity index (χ0v) is 12.7. The summed E-state index contributed by atoms with van der Waals surface area (Å²) in [6.45, 7) is 0. The van der Waals surface area contributed by atoms with Crippen LogP contribution in [0.3, 0.4) is 0 Å². The molecule has 1 atom stereocenters. The summed E-state index contributed by atoms with van der Waals surface area (Å²) >= 11 is -1.25. The Morgan fingerprint density at radius 3 is 2.76 bits per heavy atom. The molecule has 0 fully saturated rings. The minimum atomic E-state index is -1.25. The Morgan fingerprint density at radius 2 is 2.00 bits per heavy atom. The molecule has 3 rings (SSSR count). The van der Waals surface area contributed by atoms with Gasteiger partial charge in [-0.05, 0) is 24.3 Å². The van der Waals surface area contributed by atoms with E-state index in [9.17, 15) is 4.55 Å². The van der Waals surface area contributed by atoms with Gasteiger partial charge in [0.1, 0.15) is 5.69 Å². The third kappa shape index (κ3) is 2.86. The molecule has 6 heteroatoms. The van der Waals surface area contributed by atoms with Gasteiger partial charge >= 0.3 is 5.16 Å². The van der Waals surface area contributed by atoms with Crippen LogP contribution in [0.4, 0.5) is 5.69 Å². The lowest BCUT2D eigenvalue weighted by Gasteiger charge is -2.16. The summed E-state index contributed by atoms with van der Waals surface area (Å²) in [7, 11) is 3.90. The van der Waals surface area contributed by atoms with E-state index < -0.39 is 11.2 Å². The van der Waals surface area contributed by atoms with Crippen LogP contribution in [-0.2, 0) is 16.9 Å². The number of hydrogen-bond donors (Lipinski definition) is 1. The highest BCUT2D eigenvalue weighted by molar-refractivity contribution is 7.90. The Labute approximate surface area is 126 Å². The Kier molecular flexibility index (Phi) is 3.81. The van der Waals surface area contributed by atoms with Gasteiger partial charge in [-0.15, -0.1) is 0 Å². The first-order valence-electron chi connectivity index (χ1n) is 6.59. The van der Waals surface area contributed by atoms with Crippen molar-refractivity contribution in [3.8, 4) is 0 Å². The Morgan fingerprint density at radius 1 is 1.19 bits per heavy atom. The molecule has 21 heavy (non-hydrogen) atoms. The second-order valence-corrected chi connectivity index (χ2v) is 6.28. The largest absolute Gasteiger partial charge is 0.609 e. The maximum Gasteiger partial charge on any atom is 0.322 e. The molecule has 0 aliphatic carbocycles. The zero-order chi connectivity index (χ0) is 14.8. The highest BCUT2D eigenvalue weighted by Gasteiger charge is 2.20. The van der Waals surface area contributed by atoms with Gasteiger partial charge in [-0.1, -0.05) is 12.1 Å². The van der Waals surface area contributed by atoms with Gasteiger partial charge in [0.25, 0.3) is 0 Å². The molecule has 1 unspecified atom stereocenters. The number of pyridine rings is 1. The molecule has 0 aliphatic rings. The summed E-state index contributed by atoms with van der Waals surface area (Å²) in [5, 5.41) is 0.492. The molecule has 0 amide bonds. The van der Waals surface area contributed by atoms with Crippen LogP contribution in [0.15, 0.2) is 47.8 Å². The van der Waals surface area contributed by atoms with E-state index in [0.29, 0.717) is 10.9 Å². The first kappa shape index (κ1) is 13.9. The van der Waals surface area contributed by atoms with Crippen LogP contribution in [0.1, 0.15) is 5.69 Å². The molecular formula is C15H16N4OS. The van der Waals surface area contributed by atoms with E-state index in [4.69, 9.17) is 0 Å². The average molecular weight is 300 g/mol. The molecule has 1 aromatic carbocycles. The molecule has 108 valence electrons. The van der Waals surface area contributed by atoms with Crippen LogP contribution in [0.5, 0.6) is 0 Å². The number of nitrogens with zero attached hydrogens (tertiary/aromatic N) is 3. The van der Waals surface area contributed by atoms with Gasteiger partial charge in [-0.25, -0.2) is 0 Å². The molecule has 0 saturated carbocycles. The maximum absolute atomic E-state index is 12.5. The smallest absolute Gasteiger partial charge is 0.322 e. The van der Waals surface area contributed by atoms with Crippen LogP contribution in [0.2, 0.25) is 0 Å². The van der Waals surface area contributed by atoms with Crippen molar-refractivity contribution >= 4 is 27.9 Å². The first-order chi connectivity index (χ1) is 10.1. The fourth-order valence-corrected chi connectivity index (χ4v) is 3.21. The number of fused-ring (bicyclic) bond motifs is 1. The molecule has 0 radical (unpaired) electrons. The topological polar surface area (TPSA) is 67.9 Å². The number of hydrogen-bond acceptors (Lipinski definition) is 4. The number of anilines is 1. The van der Waals surface area contributed by atoms with Crippen LogP contribution in [0, 0.1) is 0 Å². The lowest BCUT2D eigenvalue weighted by atomic mass is 10.3. The number of aromatic nitrogens is 3.